The minimum absolute atomic E-state index is 0.0171. The molecule has 0 N–H and O–H groups in total. The highest BCUT2D eigenvalue weighted by Gasteiger charge is 2.42. The zero-order valence-electron chi connectivity index (χ0n) is 18.2. The summed E-state index contributed by atoms with van der Waals surface area (Å²) in [6.45, 7) is 3.22. The summed E-state index contributed by atoms with van der Waals surface area (Å²) in [6, 6.07) is 6.31. The topological polar surface area (TPSA) is 9.23 Å². The van der Waals surface area contributed by atoms with E-state index in [-0.39, 0.29) is 11.1 Å². The minimum atomic E-state index is -1.55. The SMILES string of the molecule is CC1CC1C1CCC(C2CC=C(c3ccc(-c4cc(F)c(F)c(F)c4)c(F)c3)CC2)OC1. The molecule has 1 nitrogen and oxygen atoms in total. The Kier molecular flexibility index (Phi) is 5.87. The van der Waals surface area contributed by atoms with Gasteiger partial charge in [0, 0.05) is 5.56 Å². The smallest absolute Gasteiger partial charge is 0.194 e. The summed E-state index contributed by atoms with van der Waals surface area (Å²) in [7, 11) is 0. The Morgan fingerprint density at radius 3 is 2.12 bits per heavy atom. The largest absolute Gasteiger partial charge is 0.378 e. The van der Waals surface area contributed by atoms with E-state index in [0.717, 1.165) is 73.3 Å². The molecule has 5 atom stereocenters. The van der Waals surface area contributed by atoms with Crippen molar-refractivity contribution < 1.29 is 22.3 Å². The molecule has 0 amide bonds. The Bertz CT molecular complexity index is 1010. The molecule has 0 spiro atoms. The molecule has 2 fully saturated rings. The van der Waals surface area contributed by atoms with Crippen LogP contribution in [0.3, 0.4) is 0 Å². The number of rotatable bonds is 4. The molecule has 2 aromatic carbocycles. The van der Waals surface area contributed by atoms with Crippen molar-refractivity contribution in [3.05, 3.63) is 65.2 Å². The van der Waals surface area contributed by atoms with Gasteiger partial charge in [0.1, 0.15) is 5.82 Å². The maximum absolute atomic E-state index is 14.8. The van der Waals surface area contributed by atoms with Crippen LogP contribution in [0.4, 0.5) is 17.6 Å². The van der Waals surface area contributed by atoms with Crippen LogP contribution in [0, 0.1) is 46.9 Å². The standard InChI is InChI=1S/C27H28F4O/c1-15-10-22(15)19-7-9-26(32-14-19)17-4-2-16(3-5-17)18-6-8-21(23(28)11-18)20-12-24(29)27(31)25(30)13-20/h2,6,8,11-13,15,17,19,22,26H,3-5,7,9-10,14H2,1H3. The third kappa shape index (κ3) is 4.24. The van der Waals surface area contributed by atoms with Crippen LogP contribution in [0.1, 0.15) is 51.0 Å². The summed E-state index contributed by atoms with van der Waals surface area (Å²) in [6.07, 6.45) is 9.04. The molecule has 1 heterocycles. The van der Waals surface area contributed by atoms with E-state index in [1.807, 2.05) is 0 Å². The molecule has 1 saturated heterocycles. The molecule has 1 saturated carbocycles. The summed E-state index contributed by atoms with van der Waals surface area (Å²) in [5, 5.41) is 0. The molecule has 3 aliphatic rings. The highest BCUT2D eigenvalue weighted by atomic mass is 19.2. The lowest BCUT2D eigenvalue weighted by Gasteiger charge is -2.36. The summed E-state index contributed by atoms with van der Waals surface area (Å²) >= 11 is 0. The van der Waals surface area contributed by atoms with Crippen LogP contribution in [-0.2, 0) is 4.74 Å². The van der Waals surface area contributed by atoms with Gasteiger partial charge in [0.15, 0.2) is 17.5 Å². The van der Waals surface area contributed by atoms with Crippen LogP contribution in [0.2, 0.25) is 0 Å². The first-order chi connectivity index (χ1) is 15.4. The first-order valence-electron chi connectivity index (χ1n) is 11.7. The highest BCUT2D eigenvalue weighted by molar-refractivity contribution is 5.71. The number of hydrogen-bond donors (Lipinski definition) is 0. The second-order valence-electron chi connectivity index (χ2n) is 9.80. The molecule has 2 aliphatic carbocycles. The van der Waals surface area contributed by atoms with Gasteiger partial charge < -0.3 is 4.74 Å². The first-order valence-corrected chi connectivity index (χ1v) is 11.7. The lowest BCUT2D eigenvalue weighted by Crippen LogP contribution is -2.33. The molecule has 0 radical (unpaired) electrons. The van der Waals surface area contributed by atoms with Crippen LogP contribution in [-0.4, -0.2) is 12.7 Å². The Labute approximate surface area is 186 Å². The number of ether oxygens (including phenoxy) is 1. The van der Waals surface area contributed by atoms with Gasteiger partial charge in [-0.15, -0.1) is 0 Å². The van der Waals surface area contributed by atoms with Gasteiger partial charge in [-0.25, -0.2) is 17.6 Å². The van der Waals surface area contributed by atoms with E-state index in [4.69, 9.17) is 4.74 Å². The fraction of sp³-hybridized carbons (Fsp3) is 0.481. The average Bonchev–Trinajstić information content (AvgIpc) is 3.54. The van der Waals surface area contributed by atoms with E-state index in [9.17, 15) is 17.6 Å². The maximum atomic E-state index is 14.8. The normalized spacial score (nSPS) is 30.2. The van der Waals surface area contributed by atoms with E-state index >= 15 is 0 Å². The summed E-state index contributed by atoms with van der Waals surface area (Å²) in [5.74, 6) is -1.80. The second-order valence-corrected chi connectivity index (χ2v) is 9.80. The fourth-order valence-corrected chi connectivity index (χ4v) is 5.62. The van der Waals surface area contributed by atoms with Crippen molar-refractivity contribution in [1.29, 1.82) is 0 Å². The van der Waals surface area contributed by atoms with Crippen LogP contribution in [0.5, 0.6) is 0 Å². The van der Waals surface area contributed by atoms with Crippen LogP contribution in [0.25, 0.3) is 16.7 Å². The lowest BCUT2D eigenvalue weighted by atomic mass is 9.80. The molecular weight excluding hydrogens is 416 g/mol. The second kappa shape index (κ2) is 8.66. The predicted octanol–water partition coefficient (Wildman–Crippen LogP) is 7.54. The Balaban J connectivity index is 1.24. The van der Waals surface area contributed by atoms with E-state index in [2.05, 4.69) is 13.0 Å². The van der Waals surface area contributed by atoms with Gasteiger partial charge in [0.05, 0.1) is 12.7 Å². The predicted molar refractivity (Wildman–Crippen MR) is 117 cm³/mol. The van der Waals surface area contributed by atoms with Crippen molar-refractivity contribution in [3.8, 4) is 11.1 Å². The lowest BCUT2D eigenvalue weighted by molar-refractivity contribution is -0.0543. The van der Waals surface area contributed by atoms with Gasteiger partial charge in [-0.2, -0.15) is 0 Å². The Hall–Kier alpha value is -2.14. The molecule has 170 valence electrons. The quantitative estimate of drug-likeness (QED) is 0.350. The summed E-state index contributed by atoms with van der Waals surface area (Å²) in [4.78, 5) is 0. The van der Waals surface area contributed by atoms with Gasteiger partial charge in [0.2, 0.25) is 0 Å². The number of allylic oxidation sites excluding steroid dienone is 2. The van der Waals surface area contributed by atoms with Crippen molar-refractivity contribution in [1.82, 2.24) is 0 Å². The number of benzene rings is 2. The molecule has 1 aliphatic heterocycles. The summed E-state index contributed by atoms with van der Waals surface area (Å²) in [5.41, 5.74) is 1.90. The van der Waals surface area contributed by atoms with E-state index < -0.39 is 23.3 Å². The zero-order valence-corrected chi connectivity index (χ0v) is 18.2. The molecule has 5 heteroatoms. The minimum Gasteiger partial charge on any atom is -0.378 e. The van der Waals surface area contributed by atoms with Crippen molar-refractivity contribution in [3.63, 3.8) is 0 Å². The molecule has 32 heavy (non-hydrogen) atoms. The van der Waals surface area contributed by atoms with Crippen molar-refractivity contribution in [2.45, 2.75) is 51.6 Å². The van der Waals surface area contributed by atoms with Crippen molar-refractivity contribution in [2.75, 3.05) is 6.61 Å². The van der Waals surface area contributed by atoms with Gasteiger partial charge in [-0.1, -0.05) is 25.1 Å². The van der Waals surface area contributed by atoms with Gasteiger partial charge in [-0.3, -0.25) is 0 Å². The van der Waals surface area contributed by atoms with Gasteiger partial charge in [0.25, 0.3) is 0 Å². The average molecular weight is 445 g/mol. The highest BCUT2D eigenvalue weighted by Crippen LogP contribution is 2.48. The molecule has 5 rings (SSSR count). The van der Waals surface area contributed by atoms with Gasteiger partial charge >= 0.3 is 0 Å². The van der Waals surface area contributed by atoms with Crippen LogP contribution in [0.15, 0.2) is 36.4 Å². The maximum Gasteiger partial charge on any atom is 0.194 e. The summed E-state index contributed by atoms with van der Waals surface area (Å²) < 4.78 is 61.3. The van der Waals surface area contributed by atoms with Crippen LogP contribution >= 0.6 is 0 Å². The van der Waals surface area contributed by atoms with E-state index in [1.54, 1.807) is 6.07 Å². The van der Waals surface area contributed by atoms with E-state index in [1.165, 1.54) is 25.0 Å². The van der Waals surface area contributed by atoms with Gasteiger partial charge in [-0.05, 0) is 97.1 Å². The van der Waals surface area contributed by atoms with E-state index in [0.29, 0.717) is 12.0 Å². The monoisotopic (exact) mass is 444 g/mol. The van der Waals surface area contributed by atoms with Crippen molar-refractivity contribution >= 4 is 5.57 Å². The molecular formula is C27H28F4O. The van der Waals surface area contributed by atoms with Crippen LogP contribution < -0.4 is 0 Å². The Morgan fingerprint density at radius 1 is 0.844 bits per heavy atom. The third-order valence-electron chi connectivity index (χ3n) is 7.74. The molecule has 5 unspecified atom stereocenters. The molecule has 0 aromatic heterocycles. The fourth-order valence-electron chi connectivity index (χ4n) is 5.62. The first kappa shape index (κ1) is 21.7. The number of hydrogen-bond acceptors (Lipinski definition) is 1. The molecule has 2 aromatic rings. The molecule has 0 bridgehead atoms. The zero-order chi connectivity index (χ0) is 22.4. The Morgan fingerprint density at radius 2 is 1.56 bits per heavy atom. The van der Waals surface area contributed by atoms with Crippen molar-refractivity contribution in [2.24, 2.45) is 23.7 Å². The number of halogens is 4. The third-order valence-corrected chi connectivity index (χ3v) is 7.74.